The quantitative estimate of drug-likeness (QED) is 0.876. The maximum atomic E-state index is 11.5. The maximum Gasteiger partial charge on any atom is 0.408 e. The lowest BCUT2D eigenvalue weighted by Crippen LogP contribution is -2.45. The molecule has 0 saturated carbocycles. The first kappa shape index (κ1) is 15.3. The Balaban J connectivity index is 2.67. The fourth-order valence-corrected chi connectivity index (χ4v) is 1.43. The third kappa shape index (κ3) is 5.17. The van der Waals surface area contributed by atoms with Crippen LogP contribution in [0.5, 0.6) is 0 Å². The van der Waals surface area contributed by atoms with E-state index in [4.69, 9.17) is 21.4 Å². The lowest BCUT2D eigenvalue weighted by molar-refractivity contribution is -0.139. The molecule has 7 nitrogen and oxygen atoms in total. The molecular weight excluding hydrogens is 274 g/mol. The summed E-state index contributed by atoms with van der Waals surface area (Å²) in [4.78, 5) is 22.6. The summed E-state index contributed by atoms with van der Waals surface area (Å²) in [6.07, 6.45) is 0.637. The minimum absolute atomic E-state index is 0.0829. The number of carboxylic acids is 1. The van der Waals surface area contributed by atoms with Gasteiger partial charge in [-0.15, -0.1) is 0 Å². The number of carboxylic acid groups (broad SMARTS) is 1. The van der Waals surface area contributed by atoms with Crippen molar-refractivity contribution >= 4 is 23.7 Å². The van der Waals surface area contributed by atoms with Crippen LogP contribution in [0, 0.1) is 0 Å². The van der Waals surface area contributed by atoms with Gasteiger partial charge in [0.05, 0.1) is 12.7 Å². The van der Waals surface area contributed by atoms with Gasteiger partial charge < -0.3 is 15.2 Å². The molecule has 0 aliphatic carbocycles. The molecule has 0 saturated heterocycles. The summed E-state index contributed by atoms with van der Waals surface area (Å²) in [6, 6.07) is 0.348. The molecule has 1 atom stereocenters. The van der Waals surface area contributed by atoms with E-state index in [9.17, 15) is 9.59 Å². The van der Waals surface area contributed by atoms with Crippen LogP contribution < -0.4 is 5.32 Å². The molecule has 1 heterocycles. The Bertz CT molecular complexity index is 467. The van der Waals surface area contributed by atoms with Crippen molar-refractivity contribution in [2.45, 2.75) is 39.0 Å². The number of hydrogen-bond acceptors (Lipinski definition) is 4. The molecule has 0 aromatic carbocycles. The highest BCUT2D eigenvalue weighted by molar-refractivity contribution is 6.29. The fraction of sp³-hybridized carbons (Fsp3) is 0.545. The third-order valence-corrected chi connectivity index (χ3v) is 2.33. The molecule has 19 heavy (non-hydrogen) atoms. The number of aliphatic carboxylic acids is 1. The zero-order valence-electron chi connectivity index (χ0n) is 10.9. The third-order valence-electron chi connectivity index (χ3n) is 2.01. The van der Waals surface area contributed by atoms with Crippen LogP contribution >= 0.6 is 11.6 Å². The van der Waals surface area contributed by atoms with Gasteiger partial charge in [0.15, 0.2) is 0 Å². The number of nitrogens with zero attached hydrogens (tertiary/aromatic N) is 2. The molecule has 1 aromatic heterocycles. The minimum Gasteiger partial charge on any atom is -0.480 e. The topological polar surface area (TPSA) is 93.5 Å². The van der Waals surface area contributed by atoms with Crippen LogP contribution in [0.3, 0.4) is 0 Å². The van der Waals surface area contributed by atoms with Gasteiger partial charge >= 0.3 is 12.1 Å². The SMILES string of the molecule is CC(C)(C)OC(=O)NC(Cn1nccc1Cl)C(=O)O. The average Bonchev–Trinajstić information content (AvgIpc) is 2.60. The van der Waals surface area contributed by atoms with Gasteiger partial charge in [-0.05, 0) is 26.8 Å². The first-order valence-corrected chi connectivity index (χ1v) is 5.96. The lowest BCUT2D eigenvalue weighted by Gasteiger charge is -2.22. The number of aromatic nitrogens is 2. The van der Waals surface area contributed by atoms with Crippen molar-refractivity contribution in [1.29, 1.82) is 0 Å². The van der Waals surface area contributed by atoms with Crippen molar-refractivity contribution in [1.82, 2.24) is 15.1 Å². The molecule has 1 amide bonds. The molecule has 1 aromatic rings. The number of alkyl carbamates (subject to hydrolysis) is 1. The molecule has 8 heteroatoms. The predicted octanol–water partition coefficient (Wildman–Crippen LogP) is 1.51. The highest BCUT2D eigenvalue weighted by atomic mass is 35.5. The zero-order valence-corrected chi connectivity index (χ0v) is 11.6. The minimum atomic E-state index is -1.20. The van der Waals surface area contributed by atoms with E-state index >= 15 is 0 Å². The van der Waals surface area contributed by atoms with E-state index in [0.717, 1.165) is 0 Å². The summed E-state index contributed by atoms with van der Waals surface area (Å²) in [6.45, 7) is 4.98. The molecule has 2 N–H and O–H groups in total. The van der Waals surface area contributed by atoms with Gasteiger partial charge in [-0.25, -0.2) is 9.59 Å². The summed E-state index contributed by atoms with van der Waals surface area (Å²) in [5.41, 5.74) is -0.698. The monoisotopic (exact) mass is 289 g/mol. The number of hydrogen-bond donors (Lipinski definition) is 2. The van der Waals surface area contributed by atoms with Crippen molar-refractivity contribution in [3.63, 3.8) is 0 Å². The van der Waals surface area contributed by atoms with Crippen molar-refractivity contribution in [3.8, 4) is 0 Å². The molecule has 0 aliphatic heterocycles. The van der Waals surface area contributed by atoms with Gasteiger partial charge in [-0.1, -0.05) is 11.6 Å². The van der Waals surface area contributed by atoms with E-state index < -0.39 is 23.7 Å². The predicted molar refractivity (Wildman–Crippen MR) is 68.0 cm³/mol. The summed E-state index contributed by atoms with van der Waals surface area (Å²) in [7, 11) is 0. The molecular formula is C11H16ClN3O4. The maximum absolute atomic E-state index is 11.5. The van der Waals surface area contributed by atoms with Crippen LogP contribution in [-0.2, 0) is 16.1 Å². The number of rotatable bonds is 4. The highest BCUT2D eigenvalue weighted by Gasteiger charge is 2.25. The molecule has 1 rings (SSSR count). The lowest BCUT2D eigenvalue weighted by atomic mass is 10.2. The van der Waals surface area contributed by atoms with Crippen LogP contribution in [0.1, 0.15) is 20.8 Å². The van der Waals surface area contributed by atoms with Crippen LogP contribution in [0.25, 0.3) is 0 Å². The van der Waals surface area contributed by atoms with E-state index in [2.05, 4.69) is 10.4 Å². The summed E-state index contributed by atoms with van der Waals surface area (Å²) < 4.78 is 6.27. The van der Waals surface area contributed by atoms with Crippen LogP contribution in [0.15, 0.2) is 12.3 Å². The molecule has 0 radical (unpaired) electrons. The Morgan fingerprint density at radius 3 is 2.63 bits per heavy atom. The van der Waals surface area contributed by atoms with Gasteiger partial charge in [0, 0.05) is 0 Å². The van der Waals surface area contributed by atoms with Crippen LogP contribution in [-0.4, -0.2) is 38.6 Å². The summed E-state index contributed by atoms with van der Waals surface area (Å²) in [5, 5.41) is 15.5. The average molecular weight is 290 g/mol. The molecule has 1 unspecified atom stereocenters. The van der Waals surface area contributed by atoms with Crippen molar-refractivity contribution in [2.75, 3.05) is 0 Å². The number of carbonyl (C=O) groups is 2. The van der Waals surface area contributed by atoms with Crippen LogP contribution in [0.4, 0.5) is 4.79 Å². The number of nitrogens with one attached hydrogen (secondary N) is 1. The van der Waals surface area contributed by atoms with E-state index in [1.165, 1.54) is 16.9 Å². The highest BCUT2D eigenvalue weighted by Crippen LogP contribution is 2.09. The van der Waals surface area contributed by atoms with E-state index in [0.29, 0.717) is 0 Å². The molecule has 0 aliphatic rings. The molecule has 106 valence electrons. The van der Waals surface area contributed by atoms with E-state index in [-0.39, 0.29) is 11.7 Å². The smallest absolute Gasteiger partial charge is 0.408 e. The number of halogens is 1. The Kier molecular flexibility index (Phi) is 4.77. The van der Waals surface area contributed by atoms with Gasteiger partial charge in [0.1, 0.15) is 16.8 Å². The van der Waals surface area contributed by atoms with Crippen LogP contribution in [0.2, 0.25) is 5.15 Å². The normalized spacial score (nSPS) is 12.8. The van der Waals surface area contributed by atoms with E-state index in [1.807, 2.05) is 0 Å². The van der Waals surface area contributed by atoms with Gasteiger partial charge in [-0.3, -0.25) is 4.68 Å². The Labute approximate surface area is 115 Å². The van der Waals surface area contributed by atoms with Crippen molar-refractivity contribution in [2.24, 2.45) is 0 Å². The summed E-state index contributed by atoms with van der Waals surface area (Å²) in [5.74, 6) is -1.20. The second-order valence-corrected chi connectivity index (χ2v) is 5.26. The second kappa shape index (κ2) is 5.92. The van der Waals surface area contributed by atoms with Gasteiger partial charge in [0.25, 0.3) is 0 Å². The second-order valence-electron chi connectivity index (χ2n) is 4.87. The Hall–Kier alpha value is -1.76. The largest absolute Gasteiger partial charge is 0.480 e. The Morgan fingerprint density at radius 1 is 1.58 bits per heavy atom. The van der Waals surface area contributed by atoms with Gasteiger partial charge in [0.2, 0.25) is 0 Å². The molecule has 0 fully saturated rings. The number of carbonyl (C=O) groups excluding carboxylic acids is 1. The van der Waals surface area contributed by atoms with E-state index in [1.54, 1.807) is 20.8 Å². The number of amides is 1. The first-order chi connectivity index (χ1) is 8.69. The number of ether oxygens (including phenoxy) is 1. The summed E-state index contributed by atoms with van der Waals surface area (Å²) >= 11 is 5.80. The standard InChI is InChI=1S/C11H16ClN3O4/c1-11(2,3)19-10(18)14-7(9(16)17)6-15-8(12)4-5-13-15/h4-5,7H,6H2,1-3H3,(H,14,18)(H,16,17). The van der Waals surface area contributed by atoms with Crippen molar-refractivity contribution < 1.29 is 19.4 Å². The fourth-order valence-electron chi connectivity index (χ4n) is 1.26. The first-order valence-electron chi connectivity index (χ1n) is 5.58. The van der Waals surface area contributed by atoms with Crippen molar-refractivity contribution in [3.05, 3.63) is 17.4 Å². The molecule has 0 spiro atoms. The zero-order chi connectivity index (χ0) is 14.6. The molecule has 0 bridgehead atoms. The Morgan fingerprint density at radius 2 is 2.21 bits per heavy atom. The van der Waals surface area contributed by atoms with Gasteiger partial charge in [-0.2, -0.15) is 5.10 Å².